The fraction of sp³-hybridized carbons (Fsp3) is 0.0625. The molecule has 0 spiro atoms. The minimum Gasteiger partial charge on any atom is -0.416 e. The molecule has 0 unspecified atom stereocenters. The Hall–Kier alpha value is -3.00. The number of hydrogen-bond donors (Lipinski definition) is 2. The summed E-state index contributed by atoms with van der Waals surface area (Å²) in [6.45, 7) is -3.02. The van der Waals surface area contributed by atoms with E-state index in [0.717, 1.165) is 5.39 Å². The monoisotopic (exact) mass is 362 g/mol. The summed E-state index contributed by atoms with van der Waals surface area (Å²) in [5, 5.41) is 0.770. The van der Waals surface area contributed by atoms with E-state index in [1.54, 1.807) is 30.3 Å². The first-order valence-electron chi connectivity index (χ1n) is 7.14. The number of fused-ring (bicyclic) bond motifs is 2. The quantitative estimate of drug-likeness (QED) is 0.544. The summed E-state index contributed by atoms with van der Waals surface area (Å²) in [6.07, 6.45) is 0. The van der Waals surface area contributed by atoms with Crippen LogP contribution in [0, 0.1) is 0 Å². The van der Waals surface area contributed by atoms with Crippen molar-refractivity contribution in [3.05, 3.63) is 52.0 Å². The van der Waals surface area contributed by atoms with Gasteiger partial charge in [-0.2, -0.15) is 8.78 Å². The molecule has 3 heterocycles. The van der Waals surface area contributed by atoms with E-state index in [-0.39, 0.29) is 16.7 Å². The smallest absolute Gasteiger partial charge is 0.388 e. The van der Waals surface area contributed by atoms with E-state index in [9.17, 15) is 13.6 Å². The lowest BCUT2D eigenvalue weighted by atomic mass is 10.0. The second-order valence-corrected chi connectivity index (χ2v) is 5.62. The Morgan fingerprint density at radius 2 is 1.92 bits per heavy atom. The topological polar surface area (TPSA) is 83.7 Å². The number of imidazole rings is 1. The minimum absolute atomic E-state index is 0.0495. The third kappa shape index (κ3) is 2.91. The minimum atomic E-state index is -3.02. The molecule has 2 N–H and O–H groups in total. The SMILES string of the molecule is O=c1[nH]c2cc3cc(-c4ccc(Cl)nc4OC(F)F)ccc3nc2[nH]1. The van der Waals surface area contributed by atoms with Gasteiger partial charge in [-0.1, -0.05) is 17.7 Å². The zero-order chi connectivity index (χ0) is 17.6. The van der Waals surface area contributed by atoms with Gasteiger partial charge in [0.2, 0.25) is 5.88 Å². The number of halogens is 3. The van der Waals surface area contributed by atoms with Gasteiger partial charge in [-0.25, -0.2) is 14.8 Å². The average molecular weight is 363 g/mol. The first kappa shape index (κ1) is 15.5. The molecular formula is C16H9ClF2N4O2. The van der Waals surface area contributed by atoms with Gasteiger partial charge >= 0.3 is 12.3 Å². The Morgan fingerprint density at radius 1 is 1.08 bits per heavy atom. The molecule has 4 aromatic rings. The Balaban J connectivity index is 1.89. The predicted molar refractivity (Wildman–Crippen MR) is 89.1 cm³/mol. The maximum Gasteiger partial charge on any atom is 0.388 e. The molecule has 0 saturated carbocycles. The van der Waals surface area contributed by atoms with Crippen molar-refractivity contribution in [3.63, 3.8) is 0 Å². The summed E-state index contributed by atoms with van der Waals surface area (Å²) in [6, 6.07) is 9.96. The zero-order valence-corrected chi connectivity index (χ0v) is 13.1. The lowest BCUT2D eigenvalue weighted by molar-refractivity contribution is -0.0524. The lowest BCUT2D eigenvalue weighted by Crippen LogP contribution is -2.05. The summed E-state index contributed by atoms with van der Waals surface area (Å²) in [7, 11) is 0. The number of nitrogens with one attached hydrogen (secondary N) is 2. The largest absolute Gasteiger partial charge is 0.416 e. The van der Waals surface area contributed by atoms with Gasteiger partial charge in [-0.3, -0.25) is 4.98 Å². The molecule has 0 radical (unpaired) electrons. The molecule has 0 saturated heterocycles. The van der Waals surface area contributed by atoms with Crippen LogP contribution in [-0.4, -0.2) is 26.5 Å². The van der Waals surface area contributed by atoms with Crippen molar-refractivity contribution in [2.75, 3.05) is 0 Å². The number of aromatic amines is 2. The first-order valence-corrected chi connectivity index (χ1v) is 7.52. The summed E-state index contributed by atoms with van der Waals surface area (Å²) >= 11 is 5.77. The lowest BCUT2D eigenvalue weighted by Gasteiger charge is -2.10. The average Bonchev–Trinajstić information content (AvgIpc) is 2.90. The van der Waals surface area contributed by atoms with Crippen molar-refractivity contribution in [3.8, 4) is 17.0 Å². The maximum absolute atomic E-state index is 12.6. The van der Waals surface area contributed by atoms with E-state index >= 15 is 0 Å². The highest BCUT2D eigenvalue weighted by atomic mass is 35.5. The molecule has 0 fully saturated rings. The van der Waals surface area contributed by atoms with Crippen LogP contribution in [0.3, 0.4) is 0 Å². The molecule has 0 amide bonds. The number of nitrogens with zero attached hydrogens (tertiary/aromatic N) is 2. The Labute approximate surface area is 143 Å². The van der Waals surface area contributed by atoms with Gasteiger partial charge < -0.3 is 9.72 Å². The van der Waals surface area contributed by atoms with Gasteiger partial charge in [0.1, 0.15) is 5.15 Å². The third-order valence-electron chi connectivity index (χ3n) is 3.63. The maximum atomic E-state index is 12.6. The summed E-state index contributed by atoms with van der Waals surface area (Å²) in [5.74, 6) is -0.258. The van der Waals surface area contributed by atoms with Gasteiger partial charge in [-0.15, -0.1) is 0 Å². The second-order valence-electron chi connectivity index (χ2n) is 5.24. The van der Waals surface area contributed by atoms with Crippen LogP contribution in [0.2, 0.25) is 5.15 Å². The summed E-state index contributed by atoms with van der Waals surface area (Å²) < 4.78 is 29.7. The molecule has 0 aliphatic rings. The highest BCUT2D eigenvalue weighted by molar-refractivity contribution is 6.29. The molecule has 9 heteroatoms. The highest BCUT2D eigenvalue weighted by Crippen LogP contribution is 2.32. The Bertz CT molecular complexity index is 1160. The molecule has 4 rings (SSSR count). The molecule has 3 aromatic heterocycles. The van der Waals surface area contributed by atoms with Crippen LogP contribution >= 0.6 is 11.6 Å². The molecular weight excluding hydrogens is 354 g/mol. The number of pyridine rings is 2. The highest BCUT2D eigenvalue weighted by Gasteiger charge is 2.14. The fourth-order valence-electron chi connectivity index (χ4n) is 2.61. The van der Waals surface area contributed by atoms with Gasteiger partial charge in [0.05, 0.1) is 11.0 Å². The molecule has 1 aromatic carbocycles. The van der Waals surface area contributed by atoms with E-state index in [2.05, 4.69) is 24.7 Å². The second kappa shape index (κ2) is 5.82. The normalized spacial score (nSPS) is 11.5. The molecule has 0 bridgehead atoms. The van der Waals surface area contributed by atoms with Crippen LogP contribution in [0.5, 0.6) is 5.88 Å². The van der Waals surface area contributed by atoms with Crippen LogP contribution in [0.25, 0.3) is 33.2 Å². The van der Waals surface area contributed by atoms with Gasteiger partial charge in [0, 0.05) is 10.9 Å². The van der Waals surface area contributed by atoms with Crippen LogP contribution < -0.4 is 10.4 Å². The van der Waals surface area contributed by atoms with Crippen LogP contribution in [0.15, 0.2) is 41.2 Å². The van der Waals surface area contributed by atoms with E-state index in [4.69, 9.17) is 11.6 Å². The van der Waals surface area contributed by atoms with Gasteiger partial charge in [0.15, 0.2) is 5.65 Å². The third-order valence-corrected chi connectivity index (χ3v) is 3.84. The van der Waals surface area contributed by atoms with Crippen molar-refractivity contribution in [2.45, 2.75) is 6.61 Å². The van der Waals surface area contributed by atoms with Gasteiger partial charge in [0.25, 0.3) is 0 Å². The van der Waals surface area contributed by atoms with Crippen molar-refractivity contribution < 1.29 is 13.5 Å². The zero-order valence-electron chi connectivity index (χ0n) is 12.4. The van der Waals surface area contributed by atoms with E-state index in [1.807, 2.05) is 0 Å². The molecule has 126 valence electrons. The van der Waals surface area contributed by atoms with Crippen LogP contribution in [0.4, 0.5) is 8.78 Å². The van der Waals surface area contributed by atoms with Crippen LogP contribution in [0.1, 0.15) is 0 Å². The van der Waals surface area contributed by atoms with Crippen molar-refractivity contribution in [1.82, 2.24) is 19.9 Å². The molecule has 0 aliphatic carbocycles. The number of rotatable bonds is 3. The van der Waals surface area contributed by atoms with Crippen LogP contribution in [-0.2, 0) is 0 Å². The molecule has 6 nitrogen and oxygen atoms in total. The van der Waals surface area contributed by atoms with Crippen molar-refractivity contribution >= 4 is 33.7 Å². The van der Waals surface area contributed by atoms with E-state index < -0.39 is 6.61 Å². The molecule has 0 atom stereocenters. The molecule has 0 aliphatic heterocycles. The fourth-order valence-corrected chi connectivity index (χ4v) is 2.75. The van der Waals surface area contributed by atoms with Crippen molar-refractivity contribution in [2.24, 2.45) is 0 Å². The number of alkyl halides is 2. The summed E-state index contributed by atoms with van der Waals surface area (Å²) in [4.78, 5) is 24.7. The molecule has 25 heavy (non-hydrogen) atoms. The predicted octanol–water partition coefficient (Wildman–Crippen LogP) is 3.72. The number of hydrogen-bond acceptors (Lipinski definition) is 4. The van der Waals surface area contributed by atoms with E-state index in [0.29, 0.717) is 27.8 Å². The summed E-state index contributed by atoms with van der Waals surface area (Å²) in [5.41, 5.74) is 2.26. The van der Waals surface area contributed by atoms with Crippen molar-refractivity contribution in [1.29, 1.82) is 0 Å². The first-order chi connectivity index (χ1) is 12.0. The number of H-pyrrole nitrogens is 2. The van der Waals surface area contributed by atoms with E-state index in [1.165, 1.54) is 6.07 Å². The Kier molecular flexibility index (Phi) is 3.61. The van der Waals surface area contributed by atoms with Gasteiger partial charge in [-0.05, 0) is 35.9 Å². The number of aromatic nitrogens is 4. The standard InChI is InChI=1S/C16H9ClF2N4O2/c17-12-4-2-9(14(22-12)25-15(18)19)7-1-3-10-8(5-7)6-11-13(20-10)23-16(24)21-11/h1-6,15H,(H2,20,21,23,24). The number of ether oxygens (including phenoxy) is 1. The Morgan fingerprint density at radius 3 is 2.72 bits per heavy atom. The number of benzene rings is 1.